The second kappa shape index (κ2) is 7.78. The molecule has 1 aliphatic rings. The summed E-state index contributed by atoms with van der Waals surface area (Å²) < 4.78 is 10.6. The Morgan fingerprint density at radius 3 is 2.76 bits per heavy atom. The highest BCUT2D eigenvalue weighted by Crippen LogP contribution is 2.22. The average molecular weight is 291 g/mol. The van der Waals surface area contributed by atoms with Gasteiger partial charge in [0.25, 0.3) is 0 Å². The molecule has 0 spiro atoms. The van der Waals surface area contributed by atoms with Crippen LogP contribution in [0.5, 0.6) is 0 Å². The van der Waals surface area contributed by atoms with Crippen molar-refractivity contribution in [3.63, 3.8) is 0 Å². The Balaban J connectivity index is 1.86. The summed E-state index contributed by atoms with van der Waals surface area (Å²) in [4.78, 5) is 25.2. The largest absolute Gasteiger partial charge is 0.466 e. The predicted molar refractivity (Wildman–Crippen MR) is 77.6 cm³/mol. The fraction of sp³-hybridized carbons (Fsp3) is 0.500. The van der Waals surface area contributed by atoms with Gasteiger partial charge in [-0.3, -0.25) is 9.59 Å². The van der Waals surface area contributed by atoms with Crippen LogP contribution < -0.4 is 0 Å². The first kappa shape index (κ1) is 15.5. The normalized spacial score (nSPS) is 18.3. The molecule has 0 unspecified atom stereocenters. The summed E-state index contributed by atoms with van der Waals surface area (Å²) in [6.07, 6.45) is 0.242. The zero-order chi connectivity index (χ0) is 15.1. The first-order chi connectivity index (χ1) is 10.2. The molecule has 2 rings (SSSR count). The highest BCUT2D eigenvalue weighted by atomic mass is 16.5. The van der Waals surface area contributed by atoms with Crippen molar-refractivity contribution in [2.24, 2.45) is 0 Å². The Labute approximate surface area is 124 Å². The Kier molecular flexibility index (Phi) is 5.75. The van der Waals surface area contributed by atoms with Crippen LogP contribution in [-0.2, 0) is 19.1 Å². The van der Waals surface area contributed by atoms with Crippen molar-refractivity contribution in [3.05, 3.63) is 35.9 Å². The monoisotopic (exact) mass is 291 g/mol. The summed E-state index contributed by atoms with van der Waals surface area (Å²) in [5, 5.41) is 0. The number of carbonyl (C=O) groups is 2. The van der Waals surface area contributed by atoms with Crippen molar-refractivity contribution >= 4 is 11.9 Å². The number of hydrogen-bond acceptors (Lipinski definition) is 4. The molecule has 5 nitrogen and oxygen atoms in total. The first-order valence-corrected chi connectivity index (χ1v) is 7.30. The first-order valence-electron chi connectivity index (χ1n) is 7.30. The van der Waals surface area contributed by atoms with Gasteiger partial charge in [-0.05, 0) is 12.5 Å². The molecule has 0 N–H and O–H groups in total. The van der Waals surface area contributed by atoms with E-state index in [0.29, 0.717) is 26.3 Å². The Morgan fingerprint density at radius 1 is 1.29 bits per heavy atom. The van der Waals surface area contributed by atoms with Crippen molar-refractivity contribution in [2.45, 2.75) is 25.9 Å². The van der Waals surface area contributed by atoms with E-state index in [0.717, 1.165) is 5.56 Å². The molecule has 0 saturated carbocycles. The van der Waals surface area contributed by atoms with Gasteiger partial charge >= 0.3 is 5.97 Å². The molecule has 0 radical (unpaired) electrons. The van der Waals surface area contributed by atoms with E-state index in [9.17, 15) is 9.59 Å². The van der Waals surface area contributed by atoms with E-state index < -0.39 is 0 Å². The molecule has 1 heterocycles. The van der Waals surface area contributed by atoms with Crippen LogP contribution >= 0.6 is 0 Å². The molecular weight excluding hydrogens is 270 g/mol. The van der Waals surface area contributed by atoms with Crippen molar-refractivity contribution in [1.82, 2.24) is 4.90 Å². The zero-order valence-electron chi connectivity index (χ0n) is 12.3. The summed E-state index contributed by atoms with van der Waals surface area (Å²) in [5.74, 6) is -0.342. The van der Waals surface area contributed by atoms with Crippen molar-refractivity contribution in [2.75, 3.05) is 26.3 Å². The van der Waals surface area contributed by atoms with Crippen molar-refractivity contribution in [3.8, 4) is 0 Å². The maximum atomic E-state index is 12.1. The lowest BCUT2D eigenvalue weighted by molar-refractivity contribution is -0.147. The van der Waals surface area contributed by atoms with Crippen LogP contribution in [0.1, 0.15) is 31.4 Å². The van der Waals surface area contributed by atoms with E-state index in [1.807, 2.05) is 30.3 Å². The number of rotatable bonds is 5. The molecule has 5 heteroatoms. The lowest BCUT2D eigenvalue weighted by Gasteiger charge is -2.33. The molecule has 1 aromatic rings. The Hall–Kier alpha value is -1.88. The zero-order valence-corrected chi connectivity index (χ0v) is 12.3. The van der Waals surface area contributed by atoms with Gasteiger partial charge in [0.15, 0.2) is 0 Å². The van der Waals surface area contributed by atoms with Gasteiger partial charge in [-0.2, -0.15) is 0 Å². The second-order valence-corrected chi connectivity index (χ2v) is 4.91. The average Bonchev–Trinajstić information content (AvgIpc) is 2.54. The number of ether oxygens (including phenoxy) is 2. The molecule has 114 valence electrons. The lowest BCUT2D eigenvalue weighted by atomic mass is 10.1. The second-order valence-electron chi connectivity index (χ2n) is 4.91. The minimum atomic E-state index is -0.321. The van der Waals surface area contributed by atoms with Gasteiger partial charge in [0.2, 0.25) is 5.91 Å². The third-order valence-corrected chi connectivity index (χ3v) is 3.44. The van der Waals surface area contributed by atoms with Crippen LogP contribution in [-0.4, -0.2) is 43.1 Å². The number of amides is 1. The van der Waals surface area contributed by atoms with E-state index in [1.54, 1.807) is 11.8 Å². The summed E-state index contributed by atoms with van der Waals surface area (Å²) in [6.45, 7) is 3.73. The van der Waals surface area contributed by atoms with Gasteiger partial charge < -0.3 is 14.4 Å². The molecule has 1 aromatic carbocycles. The molecule has 1 fully saturated rings. The summed E-state index contributed by atoms with van der Waals surface area (Å²) in [6, 6.07) is 9.86. The molecule has 0 aromatic heterocycles. The van der Waals surface area contributed by atoms with Gasteiger partial charge in [-0.25, -0.2) is 0 Å². The maximum absolute atomic E-state index is 12.1. The van der Waals surface area contributed by atoms with Gasteiger partial charge in [-0.1, -0.05) is 30.3 Å². The van der Waals surface area contributed by atoms with E-state index >= 15 is 0 Å². The van der Waals surface area contributed by atoms with E-state index in [2.05, 4.69) is 0 Å². The van der Waals surface area contributed by atoms with Crippen LogP contribution in [0.15, 0.2) is 30.3 Å². The van der Waals surface area contributed by atoms with Crippen LogP contribution in [0.2, 0.25) is 0 Å². The molecule has 21 heavy (non-hydrogen) atoms. The van der Waals surface area contributed by atoms with Gasteiger partial charge in [-0.15, -0.1) is 0 Å². The fourth-order valence-electron chi connectivity index (χ4n) is 2.35. The quantitative estimate of drug-likeness (QED) is 0.778. The summed E-state index contributed by atoms with van der Waals surface area (Å²) >= 11 is 0. The number of nitrogens with zero attached hydrogens (tertiary/aromatic N) is 1. The van der Waals surface area contributed by atoms with Crippen LogP contribution in [0.4, 0.5) is 0 Å². The topological polar surface area (TPSA) is 55.8 Å². The SMILES string of the molecule is CCOC(=O)CCC(=O)N1CCO[C@H](c2ccccc2)C1. The number of hydrogen-bond donors (Lipinski definition) is 0. The van der Waals surface area contributed by atoms with E-state index in [1.165, 1.54) is 0 Å². The molecule has 1 aliphatic heterocycles. The standard InChI is InChI=1S/C16H21NO4/c1-2-20-16(19)9-8-15(18)17-10-11-21-14(12-17)13-6-4-3-5-7-13/h3-7,14H,2,8-12H2,1H3/t14-/m0/s1. The number of morpholine rings is 1. The van der Waals surface area contributed by atoms with Crippen LogP contribution in [0, 0.1) is 0 Å². The number of esters is 1. The van der Waals surface area contributed by atoms with E-state index in [-0.39, 0.29) is 30.8 Å². The predicted octanol–water partition coefficient (Wildman–Crippen LogP) is 1.93. The minimum Gasteiger partial charge on any atom is -0.466 e. The van der Waals surface area contributed by atoms with Crippen molar-refractivity contribution < 1.29 is 19.1 Å². The third-order valence-electron chi connectivity index (χ3n) is 3.44. The number of carbonyl (C=O) groups excluding carboxylic acids is 2. The van der Waals surface area contributed by atoms with Gasteiger partial charge in [0.05, 0.1) is 26.2 Å². The molecule has 1 saturated heterocycles. The van der Waals surface area contributed by atoms with Gasteiger partial charge in [0, 0.05) is 13.0 Å². The van der Waals surface area contributed by atoms with Crippen LogP contribution in [0.25, 0.3) is 0 Å². The summed E-state index contributed by atoms with van der Waals surface area (Å²) in [7, 11) is 0. The van der Waals surface area contributed by atoms with Gasteiger partial charge in [0.1, 0.15) is 6.10 Å². The van der Waals surface area contributed by atoms with E-state index in [4.69, 9.17) is 9.47 Å². The number of benzene rings is 1. The molecule has 1 atom stereocenters. The third kappa shape index (κ3) is 4.56. The Bertz CT molecular complexity index is 474. The molecule has 0 bridgehead atoms. The fourth-order valence-corrected chi connectivity index (χ4v) is 2.35. The van der Waals surface area contributed by atoms with Crippen molar-refractivity contribution in [1.29, 1.82) is 0 Å². The molecule has 1 amide bonds. The smallest absolute Gasteiger partial charge is 0.306 e. The molecular formula is C16H21NO4. The highest BCUT2D eigenvalue weighted by Gasteiger charge is 2.25. The maximum Gasteiger partial charge on any atom is 0.306 e. The Morgan fingerprint density at radius 2 is 2.05 bits per heavy atom. The molecule has 0 aliphatic carbocycles. The summed E-state index contributed by atoms with van der Waals surface area (Å²) in [5.41, 5.74) is 1.07. The highest BCUT2D eigenvalue weighted by molar-refractivity contribution is 5.81. The lowest BCUT2D eigenvalue weighted by Crippen LogP contribution is -2.42. The van der Waals surface area contributed by atoms with Crippen LogP contribution in [0.3, 0.4) is 0 Å². The minimum absolute atomic E-state index is 0.0210.